The summed E-state index contributed by atoms with van der Waals surface area (Å²) in [6.07, 6.45) is -0.736. The van der Waals surface area contributed by atoms with Crippen LogP contribution >= 0.6 is 11.3 Å². The van der Waals surface area contributed by atoms with Gasteiger partial charge in [-0.05, 0) is 50.4 Å². The van der Waals surface area contributed by atoms with Crippen LogP contribution in [0.4, 0.5) is 20.6 Å². The van der Waals surface area contributed by atoms with Crippen LogP contribution in [0.25, 0.3) is 0 Å². The zero-order valence-corrected chi connectivity index (χ0v) is 16.9. The summed E-state index contributed by atoms with van der Waals surface area (Å²) in [5.74, 6) is -1.42. The smallest absolute Gasteiger partial charge is 0.412 e. The van der Waals surface area contributed by atoms with Gasteiger partial charge in [-0.15, -0.1) is 11.3 Å². The maximum atomic E-state index is 13.6. The minimum absolute atomic E-state index is 0.0628. The second-order valence-electron chi connectivity index (χ2n) is 7.00. The van der Waals surface area contributed by atoms with Crippen LogP contribution in [-0.2, 0) is 9.53 Å². The number of likely N-dealkylation sites (N-methyl/N-ethyl adjacent to an activating group) is 1. The van der Waals surface area contributed by atoms with Crippen LogP contribution in [0.15, 0.2) is 35.7 Å². The van der Waals surface area contributed by atoms with Crippen molar-refractivity contribution < 1.29 is 23.5 Å². The molecule has 2 N–H and O–H groups in total. The number of thiophene rings is 1. The summed E-state index contributed by atoms with van der Waals surface area (Å²) in [4.78, 5) is 38.2. The number of nitrogens with zero attached hydrogens (tertiary/aromatic N) is 1. The van der Waals surface area contributed by atoms with Crippen LogP contribution in [-0.4, -0.2) is 42.0 Å². The summed E-state index contributed by atoms with van der Waals surface area (Å²) in [7, 11) is 1.49. The van der Waals surface area contributed by atoms with Gasteiger partial charge in [0.1, 0.15) is 11.4 Å². The van der Waals surface area contributed by atoms with Crippen molar-refractivity contribution >= 4 is 40.6 Å². The molecule has 9 heteroatoms. The average molecular weight is 407 g/mol. The zero-order valence-electron chi connectivity index (χ0n) is 16.0. The van der Waals surface area contributed by atoms with Gasteiger partial charge < -0.3 is 15.0 Å². The minimum atomic E-state index is -0.736. The van der Waals surface area contributed by atoms with E-state index >= 15 is 0 Å². The fourth-order valence-electron chi connectivity index (χ4n) is 2.21. The zero-order chi connectivity index (χ0) is 20.9. The van der Waals surface area contributed by atoms with Gasteiger partial charge in [0.05, 0.1) is 22.8 Å². The minimum Gasteiger partial charge on any atom is -0.444 e. The predicted molar refractivity (Wildman–Crippen MR) is 106 cm³/mol. The van der Waals surface area contributed by atoms with Crippen molar-refractivity contribution in [3.8, 4) is 0 Å². The lowest BCUT2D eigenvalue weighted by atomic mass is 10.2. The Morgan fingerprint density at radius 1 is 1.14 bits per heavy atom. The molecule has 0 saturated carbocycles. The number of carbonyl (C=O) groups is 3. The number of amides is 3. The summed E-state index contributed by atoms with van der Waals surface area (Å²) < 4.78 is 18.8. The van der Waals surface area contributed by atoms with Gasteiger partial charge in [0, 0.05) is 7.05 Å². The van der Waals surface area contributed by atoms with Gasteiger partial charge in [-0.2, -0.15) is 0 Å². The molecule has 1 aromatic heterocycles. The van der Waals surface area contributed by atoms with Crippen LogP contribution in [0, 0.1) is 5.82 Å². The fourth-order valence-corrected chi connectivity index (χ4v) is 2.93. The first-order valence-electron chi connectivity index (χ1n) is 8.43. The van der Waals surface area contributed by atoms with Crippen LogP contribution in [0.1, 0.15) is 30.4 Å². The highest BCUT2D eigenvalue weighted by molar-refractivity contribution is 7.12. The number of hydrogen-bond donors (Lipinski definition) is 2. The molecule has 0 aliphatic rings. The maximum absolute atomic E-state index is 13.6. The molecule has 1 heterocycles. The van der Waals surface area contributed by atoms with Crippen molar-refractivity contribution in [2.45, 2.75) is 26.4 Å². The topological polar surface area (TPSA) is 87.7 Å². The number of anilines is 2. The molecular formula is C19H22FN3O4S. The Balaban J connectivity index is 2.05. The molecule has 0 unspecified atom stereocenters. The quantitative estimate of drug-likeness (QED) is 0.786. The average Bonchev–Trinajstić information content (AvgIpc) is 3.09. The molecule has 0 bridgehead atoms. The second-order valence-corrected chi connectivity index (χ2v) is 7.95. The summed E-state index contributed by atoms with van der Waals surface area (Å²) in [5.41, 5.74) is -0.470. The van der Waals surface area contributed by atoms with Gasteiger partial charge in [-0.1, -0.05) is 6.07 Å². The molecule has 3 amide bonds. The third-order valence-corrected chi connectivity index (χ3v) is 4.21. The van der Waals surface area contributed by atoms with E-state index in [0.717, 1.165) is 12.1 Å². The van der Waals surface area contributed by atoms with Crippen molar-refractivity contribution in [3.63, 3.8) is 0 Å². The van der Waals surface area contributed by atoms with Gasteiger partial charge >= 0.3 is 6.09 Å². The van der Waals surface area contributed by atoms with Crippen molar-refractivity contribution in [2.75, 3.05) is 24.2 Å². The molecule has 1 aromatic carbocycles. The molecular weight excluding hydrogens is 385 g/mol. The number of rotatable bonds is 5. The molecule has 0 aliphatic heterocycles. The first-order chi connectivity index (χ1) is 13.0. The third kappa shape index (κ3) is 6.34. The van der Waals surface area contributed by atoms with Crippen molar-refractivity contribution in [1.29, 1.82) is 0 Å². The third-order valence-electron chi connectivity index (χ3n) is 3.35. The van der Waals surface area contributed by atoms with E-state index in [1.807, 2.05) is 0 Å². The van der Waals surface area contributed by atoms with Crippen LogP contribution in [0.2, 0.25) is 0 Å². The summed E-state index contributed by atoms with van der Waals surface area (Å²) in [5, 5.41) is 6.75. The normalized spacial score (nSPS) is 10.9. The van der Waals surface area contributed by atoms with Gasteiger partial charge in [-0.25, -0.2) is 9.18 Å². The van der Waals surface area contributed by atoms with E-state index in [2.05, 4.69) is 10.6 Å². The summed E-state index contributed by atoms with van der Waals surface area (Å²) >= 11 is 1.27. The monoisotopic (exact) mass is 407 g/mol. The lowest BCUT2D eigenvalue weighted by Crippen LogP contribution is -2.34. The summed E-state index contributed by atoms with van der Waals surface area (Å²) in [6, 6.07) is 6.94. The first kappa shape index (κ1) is 21.4. The number of hydrogen-bond acceptors (Lipinski definition) is 5. The largest absolute Gasteiger partial charge is 0.444 e. The number of ether oxygens (including phenoxy) is 1. The molecule has 0 aliphatic carbocycles. The van der Waals surface area contributed by atoms with Gasteiger partial charge in [0.25, 0.3) is 5.91 Å². The highest BCUT2D eigenvalue weighted by Gasteiger charge is 2.19. The molecule has 0 radical (unpaired) electrons. The van der Waals surface area contributed by atoms with E-state index < -0.39 is 23.4 Å². The number of carbonyl (C=O) groups excluding carboxylic acids is 3. The van der Waals surface area contributed by atoms with E-state index in [1.54, 1.807) is 38.3 Å². The van der Waals surface area contributed by atoms with Crippen molar-refractivity contribution in [2.24, 2.45) is 0 Å². The highest BCUT2D eigenvalue weighted by Crippen LogP contribution is 2.24. The van der Waals surface area contributed by atoms with Crippen molar-refractivity contribution in [1.82, 2.24) is 4.90 Å². The molecule has 0 spiro atoms. The Morgan fingerprint density at radius 2 is 1.86 bits per heavy atom. The van der Waals surface area contributed by atoms with Gasteiger partial charge in [0.15, 0.2) is 0 Å². The molecule has 7 nitrogen and oxygen atoms in total. The fraction of sp³-hybridized carbons (Fsp3) is 0.316. The molecule has 2 rings (SSSR count). The van der Waals surface area contributed by atoms with Gasteiger partial charge in [0.2, 0.25) is 5.91 Å². The van der Waals surface area contributed by atoms with E-state index in [1.165, 1.54) is 29.4 Å². The Kier molecular flexibility index (Phi) is 6.74. The van der Waals surface area contributed by atoms with E-state index in [-0.39, 0.29) is 23.8 Å². The Labute approximate surface area is 166 Å². The first-order valence-corrected chi connectivity index (χ1v) is 9.31. The molecule has 150 valence electrons. The molecule has 0 fully saturated rings. The van der Waals surface area contributed by atoms with Crippen LogP contribution in [0.3, 0.4) is 0 Å². The SMILES string of the molecule is CN(CC(=O)Nc1cc(F)ccc1NC(=O)OC(C)(C)C)C(=O)c1cccs1. The number of halogens is 1. The highest BCUT2D eigenvalue weighted by atomic mass is 32.1. The Hall–Kier alpha value is -2.94. The van der Waals surface area contributed by atoms with E-state index in [9.17, 15) is 18.8 Å². The molecule has 28 heavy (non-hydrogen) atoms. The maximum Gasteiger partial charge on any atom is 0.412 e. The number of nitrogens with one attached hydrogen (secondary N) is 2. The summed E-state index contributed by atoms with van der Waals surface area (Å²) in [6.45, 7) is 4.89. The lowest BCUT2D eigenvalue weighted by Gasteiger charge is -2.21. The van der Waals surface area contributed by atoms with E-state index in [4.69, 9.17) is 4.74 Å². The Bertz CT molecular complexity index is 863. The Morgan fingerprint density at radius 3 is 2.46 bits per heavy atom. The molecule has 2 aromatic rings. The second kappa shape index (κ2) is 8.83. The lowest BCUT2D eigenvalue weighted by molar-refractivity contribution is -0.116. The van der Waals surface area contributed by atoms with Gasteiger partial charge in [-0.3, -0.25) is 14.9 Å². The predicted octanol–water partition coefficient (Wildman–Crippen LogP) is 3.94. The number of benzene rings is 1. The van der Waals surface area contributed by atoms with Crippen LogP contribution < -0.4 is 10.6 Å². The molecule has 0 atom stereocenters. The van der Waals surface area contributed by atoms with E-state index in [0.29, 0.717) is 4.88 Å². The molecule has 0 saturated heterocycles. The van der Waals surface area contributed by atoms with Crippen molar-refractivity contribution in [3.05, 3.63) is 46.4 Å². The standard InChI is InChI=1S/C19H22FN3O4S/c1-19(2,3)27-18(26)22-13-8-7-12(20)10-14(13)21-16(24)11-23(4)17(25)15-6-5-9-28-15/h5-10H,11H2,1-4H3,(H,21,24)(H,22,26). The van der Waals surface area contributed by atoms with Crippen LogP contribution in [0.5, 0.6) is 0 Å².